The maximum absolute atomic E-state index is 5.26. The van der Waals surface area contributed by atoms with Crippen LogP contribution in [0.4, 0.5) is 0 Å². The van der Waals surface area contributed by atoms with E-state index in [-0.39, 0.29) is 0 Å². The average molecular weight is 564 g/mol. The molecule has 0 saturated carbocycles. The molecule has 3 heteroatoms. The summed E-state index contributed by atoms with van der Waals surface area (Å²) in [7, 11) is 0. The SMILES string of the molecule is Cc1cc(C)cc(-c2c3ccccc3c(-c3nc(-c4ccccc4)nc(-c4cccc5ccccc45)n3)c3ccccc23)c1. The van der Waals surface area contributed by atoms with Gasteiger partial charge < -0.3 is 0 Å². The van der Waals surface area contributed by atoms with E-state index in [1.165, 1.54) is 33.0 Å². The number of nitrogens with zero attached hydrogens (tertiary/aromatic N) is 3. The van der Waals surface area contributed by atoms with E-state index in [2.05, 4.69) is 135 Å². The number of aromatic nitrogens is 3. The number of hydrogen-bond donors (Lipinski definition) is 0. The van der Waals surface area contributed by atoms with Crippen molar-refractivity contribution in [3.05, 3.63) is 151 Å². The molecule has 0 atom stereocenters. The zero-order valence-electron chi connectivity index (χ0n) is 24.6. The van der Waals surface area contributed by atoms with Crippen molar-refractivity contribution >= 4 is 32.3 Å². The van der Waals surface area contributed by atoms with Gasteiger partial charge in [0.25, 0.3) is 0 Å². The van der Waals surface area contributed by atoms with Crippen LogP contribution in [-0.4, -0.2) is 15.0 Å². The Morgan fingerprint density at radius 1 is 0.364 bits per heavy atom. The van der Waals surface area contributed by atoms with Crippen LogP contribution in [0.3, 0.4) is 0 Å². The molecule has 0 N–H and O–H groups in total. The highest BCUT2D eigenvalue weighted by Crippen LogP contribution is 2.43. The van der Waals surface area contributed by atoms with Crippen LogP contribution in [0.15, 0.2) is 140 Å². The van der Waals surface area contributed by atoms with Crippen molar-refractivity contribution in [3.63, 3.8) is 0 Å². The van der Waals surface area contributed by atoms with Crippen LogP contribution >= 0.6 is 0 Å². The maximum Gasteiger partial charge on any atom is 0.165 e. The lowest BCUT2D eigenvalue weighted by Gasteiger charge is -2.18. The van der Waals surface area contributed by atoms with Crippen LogP contribution in [0.2, 0.25) is 0 Å². The molecule has 1 heterocycles. The van der Waals surface area contributed by atoms with E-state index in [4.69, 9.17) is 15.0 Å². The Balaban J connectivity index is 1.49. The first-order valence-electron chi connectivity index (χ1n) is 15.0. The fraction of sp³-hybridized carbons (Fsp3) is 0.0488. The molecule has 0 spiro atoms. The third kappa shape index (κ3) is 4.42. The average Bonchev–Trinajstić information content (AvgIpc) is 3.06. The molecule has 8 rings (SSSR count). The van der Waals surface area contributed by atoms with Crippen LogP contribution in [0.25, 0.3) is 77.6 Å². The first kappa shape index (κ1) is 26.0. The van der Waals surface area contributed by atoms with Crippen LogP contribution in [0, 0.1) is 13.8 Å². The third-order valence-electron chi connectivity index (χ3n) is 8.36. The summed E-state index contributed by atoms with van der Waals surface area (Å²) in [6.45, 7) is 4.33. The molecule has 8 aromatic rings. The van der Waals surface area contributed by atoms with Gasteiger partial charge in [-0.3, -0.25) is 0 Å². The van der Waals surface area contributed by atoms with Gasteiger partial charge in [0.1, 0.15) is 0 Å². The predicted octanol–water partition coefficient (Wildman–Crippen LogP) is 10.6. The summed E-state index contributed by atoms with van der Waals surface area (Å²) in [6, 6.07) is 49.0. The molecule has 208 valence electrons. The molecule has 0 bridgehead atoms. The molecular weight excluding hydrogens is 534 g/mol. The first-order chi connectivity index (χ1) is 21.6. The monoisotopic (exact) mass is 563 g/mol. The largest absolute Gasteiger partial charge is 0.208 e. The second kappa shape index (κ2) is 10.6. The number of benzene rings is 7. The van der Waals surface area contributed by atoms with Crippen molar-refractivity contribution in [2.24, 2.45) is 0 Å². The van der Waals surface area contributed by atoms with Crippen LogP contribution < -0.4 is 0 Å². The fourth-order valence-electron chi connectivity index (χ4n) is 6.54. The Hall–Kier alpha value is -5.67. The van der Waals surface area contributed by atoms with E-state index in [0.717, 1.165) is 38.2 Å². The molecule has 0 fully saturated rings. The summed E-state index contributed by atoms with van der Waals surface area (Å²) < 4.78 is 0. The summed E-state index contributed by atoms with van der Waals surface area (Å²) in [6.07, 6.45) is 0. The van der Waals surface area contributed by atoms with Gasteiger partial charge in [-0.15, -0.1) is 0 Å². The minimum atomic E-state index is 0.657. The number of fused-ring (bicyclic) bond motifs is 3. The minimum Gasteiger partial charge on any atom is -0.208 e. The van der Waals surface area contributed by atoms with Crippen molar-refractivity contribution in [2.75, 3.05) is 0 Å². The van der Waals surface area contributed by atoms with Crippen LogP contribution in [0.1, 0.15) is 11.1 Å². The summed E-state index contributed by atoms with van der Waals surface area (Å²) in [4.78, 5) is 15.5. The van der Waals surface area contributed by atoms with Gasteiger partial charge in [-0.2, -0.15) is 0 Å². The molecule has 0 saturated heterocycles. The van der Waals surface area contributed by atoms with E-state index in [1.807, 2.05) is 18.2 Å². The molecule has 44 heavy (non-hydrogen) atoms. The number of hydrogen-bond acceptors (Lipinski definition) is 3. The van der Waals surface area contributed by atoms with Crippen molar-refractivity contribution in [1.29, 1.82) is 0 Å². The van der Waals surface area contributed by atoms with Gasteiger partial charge in [-0.05, 0) is 57.3 Å². The number of aryl methyl sites for hydroxylation is 2. The third-order valence-corrected chi connectivity index (χ3v) is 8.36. The Labute approximate surface area is 256 Å². The summed E-state index contributed by atoms with van der Waals surface area (Å²) >= 11 is 0. The Kier molecular flexibility index (Phi) is 6.23. The van der Waals surface area contributed by atoms with Gasteiger partial charge in [-0.25, -0.2) is 15.0 Å². The van der Waals surface area contributed by atoms with Crippen molar-refractivity contribution in [2.45, 2.75) is 13.8 Å². The quantitative estimate of drug-likeness (QED) is 0.200. The Morgan fingerprint density at radius 3 is 1.52 bits per heavy atom. The maximum atomic E-state index is 5.26. The Morgan fingerprint density at radius 2 is 0.864 bits per heavy atom. The highest BCUT2D eigenvalue weighted by molar-refractivity contribution is 6.20. The van der Waals surface area contributed by atoms with Crippen molar-refractivity contribution in [1.82, 2.24) is 15.0 Å². The lowest BCUT2D eigenvalue weighted by Crippen LogP contribution is -2.02. The van der Waals surface area contributed by atoms with E-state index in [9.17, 15) is 0 Å². The lowest BCUT2D eigenvalue weighted by molar-refractivity contribution is 1.08. The molecule has 0 aliphatic carbocycles. The second-order valence-electron chi connectivity index (χ2n) is 11.4. The van der Waals surface area contributed by atoms with Gasteiger partial charge in [0.2, 0.25) is 0 Å². The standard InChI is InChI=1S/C41H29N3/c1-26-23-27(2)25-30(24-26)37-32-18-8-10-20-34(32)38(35-21-11-9-19-33(35)37)41-43-39(29-14-4-3-5-15-29)42-40(44-41)36-22-12-16-28-13-6-7-17-31(28)36/h3-25H,1-2H3. The van der Waals surface area contributed by atoms with Crippen LogP contribution in [0.5, 0.6) is 0 Å². The van der Waals surface area contributed by atoms with E-state index >= 15 is 0 Å². The molecule has 7 aromatic carbocycles. The minimum absolute atomic E-state index is 0.657. The van der Waals surface area contributed by atoms with Crippen LogP contribution in [-0.2, 0) is 0 Å². The molecule has 0 unspecified atom stereocenters. The summed E-state index contributed by atoms with van der Waals surface area (Å²) in [5.41, 5.74) is 7.92. The van der Waals surface area contributed by atoms with Gasteiger partial charge in [0.05, 0.1) is 0 Å². The summed E-state index contributed by atoms with van der Waals surface area (Å²) in [5, 5.41) is 6.87. The molecule has 0 radical (unpaired) electrons. The van der Waals surface area contributed by atoms with E-state index in [1.54, 1.807) is 0 Å². The molecular formula is C41H29N3. The van der Waals surface area contributed by atoms with Crippen molar-refractivity contribution in [3.8, 4) is 45.3 Å². The van der Waals surface area contributed by atoms with Gasteiger partial charge in [0, 0.05) is 16.7 Å². The first-order valence-corrected chi connectivity index (χ1v) is 15.0. The topological polar surface area (TPSA) is 38.7 Å². The van der Waals surface area contributed by atoms with E-state index < -0.39 is 0 Å². The fourth-order valence-corrected chi connectivity index (χ4v) is 6.54. The second-order valence-corrected chi connectivity index (χ2v) is 11.4. The zero-order valence-corrected chi connectivity index (χ0v) is 24.6. The predicted molar refractivity (Wildman–Crippen MR) is 184 cm³/mol. The highest BCUT2D eigenvalue weighted by Gasteiger charge is 2.21. The molecule has 1 aromatic heterocycles. The molecule has 3 nitrogen and oxygen atoms in total. The number of rotatable bonds is 4. The van der Waals surface area contributed by atoms with E-state index in [0.29, 0.717) is 17.5 Å². The molecule has 0 aliphatic rings. The smallest absolute Gasteiger partial charge is 0.165 e. The summed E-state index contributed by atoms with van der Waals surface area (Å²) in [5.74, 6) is 1.99. The highest BCUT2D eigenvalue weighted by atomic mass is 15.0. The zero-order chi connectivity index (χ0) is 29.6. The lowest BCUT2D eigenvalue weighted by atomic mass is 9.87. The van der Waals surface area contributed by atoms with Crippen molar-refractivity contribution < 1.29 is 0 Å². The molecule has 0 amide bonds. The molecule has 0 aliphatic heterocycles. The van der Waals surface area contributed by atoms with Gasteiger partial charge >= 0.3 is 0 Å². The van der Waals surface area contributed by atoms with Gasteiger partial charge in [0.15, 0.2) is 17.5 Å². The normalized spacial score (nSPS) is 11.4. The van der Waals surface area contributed by atoms with Gasteiger partial charge in [-0.1, -0.05) is 151 Å². The Bertz CT molecular complexity index is 2270.